The monoisotopic (exact) mass is 935 g/mol. The molecule has 14 heteroatoms. The largest absolute Gasteiger partial charge is 0.493 e. The van der Waals surface area contributed by atoms with Crippen LogP contribution >= 0.6 is 0 Å². The summed E-state index contributed by atoms with van der Waals surface area (Å²) in [6.07, 6.45) is 28.3. The van der Waals surface area contributed by atoms with Crippen molar-refractivity contribution >= 4 is 45.3 Å². The zero-order valence-electron chi connectivity index (χ0n) is 42.0. The van der Waals surface area contributed by atoms with Crippen LogP contribution in [0.1, 0.15) is 141 Å². The molecule has 0 amide bonds. The molecule has 2 N–H and O–H groups in total. The van der Waals surface area contributed by atoms with Gasteiger partial charge in [-0.1, -0.05) is 64.2 Å². The predicted octanol–water partition coefficient (Wildman–Crippen LogP) is 10.5. The molecule has 2 aromatic heterocycles. The maximum absolute atomic E-state index is 5.60. The molecule has 0 bridgehead atoms. The first-order valence-corrected chi connectivity index (χ1v) is 26.9. The van der Waals surface area contributed by atoms with Gasteiger partial charge in [-0.05, 0) is 115 Å². The Hall–Kier alpha value is -4.56. The average Bonchev–Trinajstić information content (AvgIpc) is 3.84. The van der Waals surface area contributed by atoms with Gasteiger partial charge in [0, 0.05) is 73.3 Å². The van der Waals surface area contributed by atoms with Gasteiger partial charge in [0.15, 0.2) is 23.0 Å². The Labute approximate surface area is 406 Å². The molecule has 2 aromatic carbocycles. The van der Waals surface area contributed by atoms with E-state index in [-0.39, 0.29) is 0 Å². The zero-order valence-corrected chi connectivity index (χ0v) is 42.0. The summed E-state index contributed by atoms with van der Waals surface area (Å²) in [4.78, 5) is 30.5. The molecule has 10 rings (SSSR count). The maximum atomic E-state index is 5.60. The molecule has 4 aromatic rings. The summed E-state index contributed by atoms with van der Waals surface area (Å²) >= 11 is 0. The number of benzene rings is 2. The van der Waals surface area contributed by atoms with Crippen LogP contribution in [0.15, 0.2) is 24.3 Å². The fourth-order valence-corrected chi connectivity index (χ4v) is 12.1. The number of hydrogen-bond acceptors (Lipinski definition) is 14. The van der Waals surface area contributed by atoms with E-state index in [2.05, 4.69) is 30.2 Å². The van der Waals surface area contributed by atoms with Crippen LogP contribution in [-0.2, 0) is 0 Å². The molecule has 4 aliphatic heterocycles. The van der Waals surface area contributed by atoms with Gasteiger partial charge < -0.3 is 49.2 Å². The fourth-order valence-electron chi connectivity index (χ4n) is 12.1. The van der Waals surface area contributed by atoms with E-state index in [1.165, 1.54) is 167 Å². The molecule has 14 nitrogen and oxygen atoms in total. The van der Waals surface area contributed by atoms with Crippen molar-refractivity contribution < 1.29 is 18.9 Å². The number of ether oxygens (including phenoxy) is 4. The van der Waals surface area contributed by atoms with Crippen molar-refractivity contribution in [2.24, 2.45) is 0 Å². The number of likely N-dealkylation sites (tertiary alicyclic amines) is 2. The van der Waals surface area contributed by atoms with E-state index >= 15 is 0 Å². The second kappa shape index (κ2) is 23.8. The van der Waals surface area contributed by atoms with Crippen LogP contribution in [0.2, 0.25) is 0 Å². The molecule has 6 heterocycles. The molecule has 0 spiro atoms. The summed E-state index contributed by atoms with van der Waals surface area (Å²) in [5, 5.41) is 9.64. The van der Waals surface area contributed by atoms with E-state index in [1.54, 1.807) is 28.4 Å². The third kappa shape index (κ3) is 11.9. The summed E-state index contributed by atoms with van der Waals surface area (Å²) in [5.41, 5.74) is 1.83. The highest BCUT2D eigenvalue weighted by molar-refractivity contribution is 5.94. The molecule has 6 fully saturated rings. The summed E-state index contributed by atoms with van der Waals surface area (Å²) in [7, 11) is 6.73. The Morgan fingerprint density at radius 2 is 0.706 bits per heavy atom. The molecule has 0 unspecified atom stereocenters. The van der Waals surface area contributed by atoms with Gasteiger partial charge in [0.1, 0.15) is 11.6 Å². The van der Waals surface area contributed by atoms with E-state index < -0.39 is 0 Å². The van der Waals surface area contributed by atoms with Crippen molar-refractivity contribution in [3.63, 3.8) is 0 Å². The van der Waals surface area contributed by atoms with Gasteiger partial charge in [0.05, 0.1) is 39.5 Å². The van der Waals surface area contributed by atoms with Crippen molar-refractivity contribution in [2.45, 2.75) is 165 Å². The second-order valence-electron chi connectivity index (χ2n) is 20.5. The van der Waals surface area contributed by atoms with Gasteiger partial charge in [0.2, 0.25) is 11.9 Å². The third-order valence-electron chi connectivity index (χ3n) is 16.1. The first-order valence-electron chi connectivity index (χ1n) is 26.9. The van der Waals surface area contributed by atoms with Gasteiger partial charge in [0.25, 0.3) is 0 Å². The first-order chi connectivity index (χ1) is 33.5. The van der Waals surface area contributed by atoms with Gasteiger partial charge in [-0.15, -0.1) is 0 Å². The Kier molecular flexibility index (Phi) is 17.0. The Morgan fingerprint density at radius 3 is 1.04 bits per heavy atom. The topological polar surface area (TPSA) is 126 Å². The predicted molar refractivity (Wildman–Crippen MR) is 277 cm³/mol. The van der Waals surface area contributed by atoms with E-state index in [0.717, 1.165) is 83.0 Å². The van der Waals surface area contributed by atoms with Crippen LogP contribution in [0.3, 0.4) is 0 Å². The molecular formula is C54H82N10O4. The molecule has 0 atom stereocenters. The van der Waals surface area contributed by atoms with Gasteiger partial charge in [-0.3, -0.25) is 0 Å². The Bertz CT molecular complexity index is 2050. The molecule has 2 aliphatic carbocycles. The number of nitrogens with one attached hydrogen (secondary N) is 2. The van der Waals surface area contributed by atoms with E-state index in [4.69, 9.17) is 38.9 Å². The summed E-state index contributed by atoms with van der Waals surface area (Å²) in [6, 6.07) is 10.4. The fraction of sp³-hybridized carbons (Fsp3) is 0.704. The molecule has 68 heavy (non-hydrogen) atoms. The van der Waals surface area contributed by atoms with Crippen LogP contribution in [-0.4, -0.2) is 135 Å². The Morgan fingerprint density at radius 1 is 0.382 bits per heavy atom. The normalized spacial score (nSPS) is 21.4. The SMILES string of the molecule is COc1cc2nc(N3CCC(N4CCCCC4)CC3)nc(NC3CCCCCC3)c2cc1OC.COc1cc2nc(N3CCC(N4CCCCC4)CC3)nc(NC3CCCCCC3)c2cc1OC. The van der Waals surface area contributed by atoms with Crippen molar-refractivity contribution in [2.75, 3.05) is 101 Å². The lowest BCUT2D eigenvalue weighted by molar-refractivity contribution is 0.141. The van der Waals surface area contributed by atoms with Gasteiger partial charge in [-0.2, -0.15) is 9.97 Å². The third-order valence-corrected chi connectivity index (χ3v) is 16.1. The second-order valence-corrected chi connectivity index (χ2v) is 20.5. The zero-order chi connectivity index (χ0) is 46.7. The smallest absolute Gasteiger partial charge is 0.227 e. The summed E-state index contributed by atoms with van der Waals surface area (Å²) in [6.45, 7) is 9.15. The summed E-state index contributed by atoms with van der Waals surface area (Å²) in [5.74, 6) is 6.42. The highest BCUT2D eigenvalue weighted by Gasteiger charge is 2.30. The quantitative estimate of drug-likeness (QED) is 0.131. The van der Waals surface area contributed by atoms with Crippen LogP contribution < -0.4 is 39.4 Å². The highest BCUT2D eigenvalue weighted by atomic mass is 16.5. The number of methoxy groups -OCH3 is 4. The van der Waals surface area contributed by atoms with Crippen molar-refractivity contribution in [3.05, 3.63) is 24.3 Å². The van der Waals surface area contributed by atoms with Crippen molar-refractivity contribution in [1.82, 2.24) is 29.7 Å². The van der Waals surface area contributed by atoms with Crippen molar-refractivity contribution in [1.29, 1.82) is 0 Å². The van der Waals surface area contributed by atoms with E-state index in [1.807, 2.05) is 24.3 Å². The minimum absolute atomic E-state index is 0.464. The van der Waals surface area contributed by atoms with Crippen LogP contribution in [0.25, 0.3) is 21.8 Å². The van der Waals surface area contributed by atoms with Gasteiger partial charge >= 0.3 is 0 Å². The average molecular weight is 935 g/mol. The van der Waals surface area contributed by atoms with Gasteiger partial charge in [-0.25, -0.2) is 9.97 Å². The number of rotatable bonds is 12. The molecule has 0 radical (unpaired) electrons. The number of piperidine rings is 4. The minimum Gasteiger partial charge on any atom is -0.493 e. The lowest BCUT2D eigenvalue weighted by Gasteiger charge is -2.40. The standard InChI is InChI=1S/2C27H41N5O2/c2*1-33-24-18-22-23(19-25(24)34-2)29-27(30-26(22)28-20-10-6-3-4-7-11-20)32-16-12-21(13-17-32)31-14-8-5-9-15-31/h2*18-21H,3-17H2,1-2H3,(H,28,29,30). The molecular weight excluding hydrogens is 853 g/mol. The number of aromatic nitrogens is 4. The van der Waals surface area contributed by atoms with E-state index in [0.29, 0.717) is 35.7 Å². The minimum atomic E-state index is 0.464. The maximum Gasteiger partial charge on any atom is 0.227 e. The number of fused-ring (bicyclic) bond motifs is 2. The lowest BCUT2D eigenvalue weighted by atomic mass is 10.00. The summed E-state index contributed by atoms with van der Waals surface area (Å²) < 4.78 is 22.4. The highest BCUT2D eigenvalue weighted by Crippen LogP contribution is 2.39. The van der Waals surface area contributed by atoms with Crippen LogP contribution in [0.5, 0.6) is 23.0 Å². The molecule has 4 saturated heterocycles. The molecule has 6 aliphatic rings. The number of anilines is 4. The Balaban J connectivity index is 0.000000170. The number of nitrogens with zero attached hydrogens (tertiary/aromatic N) is 8. The molecule has 372 valence electrons. The molecule has 2 saturated carbocycles. The van der Waals surface area contributed by atoms with Crippen molar-refractivity contribution in [3.8, 4) is 23.0 Å². The van der Waals surface area contributed by atoms with Crippen LogP contribution in [0, 0.1) is 0 Å². The first kappa shape index (κ1) is 48.5. The van der Waals surface area contributed by atoms with E-state index in [9.17, 15) is 0 Å². The number of hydrogen-bond donors (Lipinski definition) is 2. The lowest BCUT2D eigenvalue weighted by Crippen LogP contribution is -2.47. The van der Waals surface area contributed by atoms with Crippen LogP contribution in [0.4, 0.5) is 23.5 Å².